The standard InChI is InChI=1S/C34H40N6O4/c1-37(2)25-11-15-39(16-12-25)31-9-4-23-17-22(3-7-29(23)35-31)19-38-14-13-27(21-38)44-26-5-6-28-24(18-26)20-40(34(28)43)30-8-10-32(41)36-33(30)42/h3-7,9,17-18,25,27,30H,8,10-16,19-21H2,1-2H3,(H,36,41,42). The van der Waals surface area contributed by atoms with Gasteiger partial charge < -0.3 is 19.4 Å². The van der Waals surface area contributed by atoms with Gasteiger partial charge in [0.15, 0.2) is 0 Å². The summed E-state index contributed by atoms with van der Waals surface area (Å²) in [6.45, 7) is 5.08. The minimum absolute atomic E-state index is 0.0673. The van der Waals surface area contributed by atoms with Gasteiger partial charge in [-0.05, 0) is 93.4 Å². The summed E-state index contributed by atoms with van der Waals surface area (Å²) in [6.07, 6.45) is 3.94. The van der Waals surface area contributed by atoms with Gasteiger partial charge >= 0.3 is 0 Å². The van der Waals surface area contributed by atoms with Crippen molar-refractivity contribution in [1.29, 1.82) is 0 Å². The molecule has 3 fully saturated rings. The maximum atomic E-state index is 13.0. The number of hydrogen-bond acceptors (Lipinski definition) is 8. The van der Waals surface area contributed by atoms with Crippen molar-refractivity contribution in [3.63, 3.8) is 0 Å². The summed E-state index contributed by atoms with van der Waals surface area (Å²) < 4.78 is 6.37. The van der Waals surface area contributed by atoms with Gasteiger partial charge in [-0.25, -0.2) is 4.98 Å². The molecule has 0 spiro atoms. The number of imide groups is 1. The number of benzene rings is 2. The monoisotopic (exact) mass is 596 g/mol. The Bertz CT molecular complexity index is 1600. The number of anilines is 1. The van der Waals surface area contributed by atoms with Gasteiger partial charge in [0.25, 0.3) is 5.91 Å². The first-order chi connectivity index (χ1) is 21.3. The van der Waals surface area contributed by atoms with Crippen molar-refractivity contribution in [3.8, 4) is 5.75 Å². The summed E-state index contributed by atoms with van der Waals surface area (Å²) in [7, 11) is 4.34. The van der Waals surface area contributed by atoms with E-state index in [1.165, 1.54) is 23.8 Å². The number of amides is 3. The third kappa shape index (κ3) is 5.76. The second kappa shape index (κ2) is 11.8. The number of pyridine rings is 1. The molecule has 4 aliphatic rings. The van der Waals surface area contributed by atoms with Crippen molar-refractivity contribution in [2.24, 2.45) is 0 Å². The average Bonchev–Trinajstić information content (AvgIpc) is 3.59. The number of hydrogen-bond donors (Lipinski definition) is 1. The number of carbonyl (C=O) groups excluding carboxylic acids is 3. The van der Waals surface area contributed by atoms with Crippen molar-refractivity contribution in [3.05, 3.63) is 65.2 Å². The summed E-state index contributed by atoms with van der Waals surface area (Å²) in [6, 6.07) is 16.6. The molecule has 0 bridgehead atoms. The number of rotatable bonds is 7. The fraction of sp³-hybridized carbons (Fsp3) is 0.471. The Morgan fingerprint density at radius 3 is 2.59 bits per heavy atom. The van der Waals surface area contributed by atoms with Crippen molar-refractivity contribution in [2.75, 3.05) is 45.2 Å². The molecule has 230 valence electrons. The molecule has 2 atom stereocenters. The number of fused-ring (bicyclic) bond motifs is 2. The van der Waals surface area contributed by atoms with Crippen molar-refractivity contribution < 1.29 is 19.1 Å². The van der Waals surface area contributed by atoms with Crippen LogP contribution in [0.2, 0.25) is 0 Å². The van der Waals surface area contributed by atoms with Crippen molar-refractivity contribution >= 4 is 34.4 Å². The molecule has 0 radical (unpaired) electrons. The zero-order valence-electron chi connectivity index (χ0n) is 25.5. The highest BCUT2D eigenvalue weighted by Crippen LogP contribution is 2.31. The maximum absolute atomic E-state index is 13.0. The molecule has 0 aliphatic carbocycles. The molecule has 1 N–H and O–H groups in total. The van der Waals surface area contributed by atoms with E-state index in [0.717, 1.165) is 61.8 Å². The molecule has 7 rings (SSSR count). The Morgan fingerprint density at radius 1 is 0.955 bits per heavy atom. The average molecular weight is 597 g/mol. The van der Waals surface area contributed by atoms with Gasteiger partial charge in [-0.15, -0.1) is 0 Å². The highest BCUT2D eigenvalue weighted by molar-refractivity contribution is 6.05. The Hall–Kier alpha value is -4.02. The van der Waals surface area contributed by atoms with E-state index in [1.54, 1.807) is 11.0 Å². The van der Waals surface area contributed by atoms with Gasteiger partial charge in [-0.2, -0.15) is 0 Å². The van der Waals surface area contributed by atoms with Crippen LogP contribution in [0.25, 0.3) is 10.9 Å². The minimum Gasteiger partial charge on any atom is -0.489 e. The van der Waals surface area contributed by atoms with E-state index in [4.69, 9.17) is 9.72 Å². The van der Waals surface area contributed by atoms with Crippen LogP contribution in [0.4, 0.5) is 5.82 Å². The van der Waals surface area contributed by atoms with Gasteiger partial charge in [0.2, 0.25) is 11.8 Å². The SMILES string of the molecule is CN(C)C1CCN(c2ccc3cc(CN4CCC(Oc5ccc6c(c5)CN(C5CCC(=O)NC5=O)C6=O)C4)ccc3n2)CC1. The van der Waals surface area contributed by atoms with Crippen LogP contribution >= 0.6 is 0 Å². The molecule has 10 nitrogen and oxygen atoms in total. The summed E-state index contributed by atoms with van der Waals surface area (Å²) in [5.74, 6) is 0.969. The van der Waals surface area contributed by atoms with Crippen molar-refractivity contribution in [2.45, 2.75) is 63.4 Å². The lowest BCUT2D eigenvalue weighted by Gasteiger charge is -2.35. The maximum Gasteiger partial charge on any atom is 0.255 e. The molecule has 3 amide bonds. The molecule has 2 unspecified atom stereocenters. The molecule has 5 heterocycles. The fourth-order valence-electron chi connectivity index (χ4n) is 7.16. The first-order valence-corrected chi connectivity index (χ1v) is 15.8. The van der Waals surface area contributed by atoms with E-state index < -0.39 is 11.9 Å². The summed E-state index contributed by atoms with van der Waals surface area (Å²) in [5, 5.41) is 3.52. The second-order valence-electron chi connectivity index (χ2n) is 12.9. The van der Waals surface area contributed by atoms with Crippen LogP contribution in [-0.4, -0.2) is 95.9 Å². The van der Waals surface area contributed by atoms with Crippen LogP contribution in [0.15, 0.2) is 48.5 Å². The predicted molar refractivity (Wildman–Crippen MR) is 167 cm³/mol. The second-order valence-corrected chi connectivity index (χ2v) is 12.9. The third-order valence-electron chi connectivity index (χ3n) is 9.69. The molecule has 0 saturated carbocycles. The van der Waals surface area contributed by atoms with E-state index in [0.29, 0.717) is 24.6 Å². The number of aromatic nitrogens is 1. The lowest BCUT2D eigenvalue weighted by atomic mass is 10.0. The third-order valence-corrected chi connectivity index (χ3v) is 9.69. The first kappa shape index (κ1) is 28.7. The van der Waals surface area contributed by atoms with Gasteiger partial charge in [0.1, 0.15) is 23.7 Å². The molecule has 3 saturated heterocycles. The Labute approximate surface area is 257 Å². The van der Waals surface area contributed by atoms with E-state index in [9.17, 15) is 14.4 Å². The van der Waals surface area contributed by atoms with Gasteiger partial charge in [0, 0.05) is 62.7 Å². The predicted octanol–water partition coefficient (Wildman–Crippen LogP) is 3.18. The highest BCUT2D eigenvalue weighted by Gasteiger charge is 2.39. The smallest absolute Gasteiger partial charge is 0.255 e. The molecule has 4 aliphatic heterocycles. The van der Waals surface area contributed by atoms with Crippen LogP contribution in [0, 0.1) is 0 Å². The summed E-state index contributed by atoms with van der Waals surface area (Å²) in [4.78, 5) is 50.6. The Morgan fingerprint density at radius 2 is 1.80 bits per heavy atom. The molecule has 10 heteroatoms. The number of carbonyl (C=O) groups is 3. The lowest BCUT2D eigenvalue weighted by Crippen LogP contribution is -2.52. The van der Waals surface area contributed by atoms with E-state index in [2.05, 4.69) is 64.4 Å². The van der Waals surface area contributed by atoms with Gasteiger partial charge in [0.05, 0.1) is 5.52 Å². The van der Waals surface area contributed by atoms with E-state index >= 15 is 0 Å². The van der Waals surface area contributed by atoms with Crippen molar-refractivity contribution in [1.82, 2.24) is 25.0 Å². The quantitative estimate of drug-likeness (QED) is 0.416. The first-order valence-electron chi connectivity index (χ1n) is 15.8. The topological polar surface area (TPSA) is 98.3 Å². The summed E-state index contributed by atoms with van der Waals surface area (Å²) in [5.41, 5.74) is 3.76. The zero-order valence-corrected chi connectivity index (χ0v) is 25.5. The Kier molecular flexibility index (Phi) is 7.72. The number of ether oxygens (including phenoxy) is 1. The summed E-state index contributed by atoms with van der Waals surface area (Å²) >= 11 is 0. The number of nitrogens with zero attached hydrogens (tertiary/aromatic N) is 5. The lowest BCUT2D eigenvalue weighted by molar-refractivity contribution is -0.136. The minimum atomic E-state index is -0.612. The largest absolute Gasteiger partial charge is 0.489 e. The van der Waals surface area contributed by atoms with Gasteiger partial charge in [-0.3, -0.25) is 24.6 Å². The van der Waals surface area contributed by atoms with Crippen LogP contribution in [0.5, 0.6) is 5.75 Å². The highest BCUT2D eigenvalue weighted by atomic mass is 16.5. The zero-order chi connectivity index (χ0) is 30.4. The molecule has 3 aromatic rings. The van der Waals surface area contributed by atoms with Crippen LogP contribution in [-0.2, 0) is 22.7 Å². The Balaban J connectivity index is 0.940. The number of likely N-dealkylation sites (tertiary alicyclic amines) is 1. The molecule has 44 heavy (non-hydrogen) atoms. The molecule has 1 aromatic heterocycles. The van der Waals surface area contributed by atoms with Crippen LogP contribution < -0.4 is 15.0 Å². The van der Waals surface area contributed by atoms with Crippen LogP contribution in [0.1, 0.15) is 53.6 Å². The molecular formula is C34H40N6O4. The normalized spacial score (nSPS) is 23.1. The van der Waals surface area contributed by atoms with Gasteiger partial charge in [-0.1, -0.05) is 6.07 Å². The molecular weight excluding hydrogens is 556 g/mol. The fourth-order valence-corrected chi connectivity index (χ4v) is 7.16. The number of piperidine rings is 2. The number of nitrogens with one attached hydrogen (secondary N) is 1. The van der Waals surface area contributed by atoms with E-state index in [1.807, 2.05) is 12.1 Å². The van der Waals surface area contributed by atoms with E-state index in [-0.39, 0.29) is 24.3 Å². The van der Waals surface area contributed by atoms with Crippen LogP contribution in [0.3, 0.4) is 0 Å². The molecule has 2 aromatic carbocycles.